The molecule has 0 aliphatic rings. The van der Waals surface area contributed by atoms with E-state index in [9.17, 15) is 5.26 Å². The highest BCUT2D eigenvalue weighted by atomic mass is 15.0. The van der Waals surface area contributed by atoms with Gasteiger partial charge >= 0.3 is 0 Å². The fourth-order valence-corrected chi connectivity index (χ4v) is 1.62. The van der Waals surface area contributed by atoms with Gasteiger partial charge in [-0.15, -0.1) is 0 Å². The Morgan fingerprint density at radius 3 is 2.50 bits per heavy atom. The molecular formula is C15H23N3. The molecule has 3 heteroatoms. The van der Waals surface area contributed by atoms with Crippen molar-refractivity contribution in [3.63, 3.8) is 0 Å². The maximum absolute atomic E-state index is 9.20. The van der Waals surface area contributed by atoms with Crippen LogP contribution in [0.5, 0.6) is 0 Å². The fraction of sp³-hybridized carbons (Fsp3) is 0.600. The summed E-state index contributed by atoms with van der Waals surface area (Å²) in [5.74, 6) is 1.28. The Bertz CT molecular complexity index is 467. The van der Waals surface area contributed by atoms with Gasteiger partial charge in [0.2, 0.25) is 0 Å². The Morgan fingerprint density at radius 2 is 2.00 bits per heavy atom. The van der Waals surface area contributed by atoms with Crippen molar-refractivity contribution in [2.24, 2.45) is 11.3 Å². The predicted molar refractivity (Wildman–Crippen MR) is 75.5 cm³/mol. The number of rotatable bonds is 4. The second-order valence-corrected chi connectivity index (χ2v) is 5.91. The van der Waals surface area contributed by atoms with Crippen molar-refractivity contribution in [2.75, 3.05) is 11.9 Å². The van der Waals surface area contributed by atoms with Gasteiger partial charge in [-0.1, -0.05) is 27.7 Å². The summed E-state index contributed by atoms with van der Waals surface area (Å²) in [4.78, 5) is 4.43. The highest BCUT2D eigenvalue weighted by Crippen LogP contribution is 2.27. The summed E-state index contributed by atoms with van der Waals surface area (Å²) in [7, 11) is 0. The summed E-state index contributed by atoms with van der Waals surface area (Å²) in [5.41, 5.74) is 2.75. The number of nitriles is 1. The molecule has 1 rings (SSSR count). The van der Waals surface area contributed by atoms with Gasteiger partial charge in [-0.05, 0) is 36.8 Å². The lowest BCUT2D eigenvalue weighted by molar-refractivity contribution is 0.269. The number of aryl methyl sites for hydroxylation is 2. The molecule has 0 aliphatic carbocycles. The largest absolute Gasteiger partial charge is 0.368 e. The molecular weight excluding hydrogens is 222 g/mol. The molecule has 1 N–H and O–H groups in total. The first-order valence-corrected chi connectivity index (χ1v) is 6.40. The van der Waals surface area contributed by atoms with E-state index in [1.165, 1.54) is 0 Å². The Balaban J connectivity index is 2.96. The third-order valence-electron chi connectivity index (χ3n) is 3.73. The van der Waals surface area contributed by atoms with Crippen LogP contribution in [0.25, 0.3) is 0 Å². The molecule has 1 heterocycles. The molecule has 1 aromatic rings. The normalized spacial score (nSPS) is 11.4. The van der Waals surface area contributed by atoms with Gasteiger partial charge in [0.05, 0.1) is 5.56 Å². The minimum atomic E-state index is 0.173. The van der Waals surface area contributed by atoms with Crippen LogP contribution in [0.3, 0.4) is 0 Å². The third-order valence-corrected chi connectivity index (χ3v) is 3.73. The number of nitrogens with one attached hydrogen (secondary N) is 1. The first kappa shape index (κ1) is 14.5. The van der Waals surface area contributed by atoms with Crippen molar-refractivity contribution in [1.29, 1.82) is 5.26 Å². The fourth-order valence-electron chi connectivity index (χ4n) is 1.62. The van der Waals surface area contributed by atoms with Crippen LogP contribution in [0.1, 0.15) is 44.5 Å². The molecule has 0 bridgehead atoms. The Hall–Kier alpha value is -1.56. The van der Waals surface area contributed by atoms with E-state index in [1.54, 1.807) is 0 Å². The molecule has 0 saturated heterocycles. The van der Waals surface area contributed by atoms with Gasteiger partial charge in [-0.3, -0.25) is 0 Å². The van der Waals surface area contributed by atoms with E-state index in [-0.39, 0.29) is 5.41 Å². The smallest absolute Gasteiger partial charge is 0.144 e. The van der Waals surface area contributed by atoms with Gasteiger partial charge < -0.3 is 5.32 Å². The molecule has 0 atom stereocenters. The predicted octanol–water partition coefficient (Wildman–Crippen LogP) is 3.66. The molecule has 0 aliphatic heterocycles. The molecule has 0 radical (unpaired) electrons. The molecule has 18 heavy (non-hydrogen) atoms. The number of aromatic nitrogens is 1. The lowest BCUT2D eigenvalue weighted by Crippen LogP contribution is -2.29. The highest BCUT2D eigenvalue weighted by Gasteiger charge is 2.22. The second-order valence-electron chi connectivity index (χ2n) is 5.91. The van der Waals surface area contributed by atoms with Crippen LogP contribution in [0.4, 0.5) is 5.82 Å². The molecule has 0 fully saturated rings. The van der Waals surface area contributed by atoms with E-state index in [4.69, 9.17) is 0 Å². The average molecular weight is 245 g/mol. The van der Waals surface area contributed by atoms with Crippen molar-refractivity contribution in [3.8, 4) is 6.07 Å². The monoisotopic (exact) mass is 245 g/mol. The molecule has 1 aromatic heterocycles. The van der Waals surface area contributed by atoms with E-state index in [0.717, 1.165) is 17.8 Å². The first-order valence-electron chi connectivity index (χ1n) is 6.40. The Morgan fingerprint density at radius 1 is 1.39 bits per heavy atom. The van der Waals surface area contributed by atoms with Gasteiger partial charge in [0, 0.05) is 12.2 Å². The standard InChI is InChI=1S/C15H23N3/c1-10(2)15(5,6)9-17-14-13(8-16)11(3)7-12(4)18-14/h7,10H,9H2,1-6H3,(H,17,18). The molecule has 0 aromatic carbocycles. The van der Waals surface area contributed by atoms with Crippen LogP contribution in [-0.2, 0) is 0 Å². The van der Waals surface area contributed by atoms with Gasteiger partial charge in [0.15, 0.2) is 0 Å². The van der Waals surface area contributed by atoms with Crippen molar-refractivity contribution < 1.29 is 0 Å². The molecule has 0 spiro atoms. The van der Waals surface area contributed by atoms with Crippen LogP contribution in [0.15, 0.2) is 6.07 Å². The van der Waals surface area contributed by atoms with E-state index >= 15 is 0 Å². The number of anilines is 1. The Kier molecular flexibility index (Phi) is 4.34. The number of hydrogen-bond donors (Lipinski definition) is 1. The first-order chi connectivity index (χ1) is 8.27. The van der Waals surface area contributed by atoms with Gasteiger partial charge in [-0.2, -0.15) is 5.26 Å². The van der Waals surface area contributed by atoms with Crippen LogP contribution in [0, 0.1) is 36.5 Å². The van der Waals surface area contributed by atoms with Gasteiger partial charge in [-0.25, -0.2) is 4.98 Å². The van der Waals surface area contributed by atoms with Crippen LogP contribution >= 0.6 is 0 Å². The SMILES string of the molecule is Cc1cc(C)c(C#N)c(NCC(C)(C)C(C)C)n1. The van der Waals surface area contributed by atoms with Crippen molar-refractivity contribution in [3.05, 3.63) is 22.9 Å². The number of nitrogens with zero attached hydrogens (tertiary/aromatic N) is 2. The highest BCUT2D eigenvalue weighted by molar-refractivity contribution is 5.56. The quantitative estimate of drug-likeness (QED) is 0.880. The maximum atomic E-state index is 9.20. The zero-order valence-corrected chi connectivity index (χ0v) is 12.3. The average Bonchev–Trinajstić information content (AvgIpc) is 2.25. The third kappa shape index (κ3) is 3.22. The lowest BCUT2D eigenvalue weighted by atomic mass is 9.81. The van der Waals surface area contributed by atoms with Crippen LogP contribution in [0.2, 0.25) is 0 Å². The van der Waals surface area contributed by atoms with Crippen LogP contribution < -0.4 is 5.32 Å². The zero-order valence-electron chi connectivity index (χ0n) is 12.3. The van der Waals surface area contributed by atoms with E-state index < -0.39 is 0 Å². The van der Waals surface area contributed by atoms with Gasteiger partial charge in [0.25, 0.3) is 0 Å². The van der Waals surface area contributed by atoms with Crippen molar-refractivity contribution in [2.45, 2.75) is 41.5 Å². The summed E-state index contributed by atoms with van der Waals surface area (Å²) >= 11 is 0. The summed E-state index contributed by atoms with van der Waals surface area (Å²) in [6.07, 6.45) is 0. The topological polar surface area (TPSA) is 48.7 Å². The zero-order chi connectivity index (χ0) is 13.9. The Labute approximate surface area is 110 Å². The number of pyridine rings is 1. The van der Waals surface area contributed by atoms with E-state index in [0.29, 0.717) is 17.3 Å². The lowest BCUT2D eigenvalue weighted by Gasteiger charge is -2.29. The summed E-state index contributed by atoms with van der Waals surface area (Å²) < 4.78 is 0. The summed E-state index contributed by atoms with van der Waals surface area (Å²) in [6.45, 7) is 13.6. The molecule has 98 valence electrons. The van der Waals surface area contributed by atoms with Crippen LogP contribution in [-0.4, -0.2) is 11.5 Å². The molecule has 3 nitrogen and oxygen atoms in total. The van der Waals surface area contributed by atoms with Gasteiger partial charge in [0.1, 0.15) is 11.9 Å². The minimum Gasteiger partial charge on any atom is -0.368 e. The van der Waals surface area contributed by atoms with Crippen molar-refractivity contribution in [1.82, 2.24) is 4.98 Å². The maximum Gasteiger partial charge on any atom is 0.144 e. The van der Waals surface area contributed by atoms with E-state index in [2.05, 4.69) is 44.1 Å². The molecule has 0 saturated carbocycles. The molecule has 0 amide bonds. The minimum absolute atomic E-state index is 0.173. The summed E-state index contributed by atoms with van der Waals surface area (Å²) in [5, 5.41) is 12.5. The van der Waals surface area contributed by atoms with E-state index in [1.807, 2.05) is 19.9 Å². The molecule has 0 unspecified atom stereocenters. The summed E-state index contributed by atoms with van der Waals surface area (Å²) in [6, 6.07) is 4.17. The second kappa shape index (κ2) is 5.39. The number of hydrogen-bond acceptors (Lipinski definition) is 3. The van der Waals surface area contributed by atoms with Crippen molar-refractivity contribution >= 4 is 5.82 Å².